The van der Waals surface area contributed by atoms with Crippen LogP contribution in [0, 0.1) is 0 Å². The smallest absolute Gasteiger partial charge is 0.272 e. The summed E-state index contributed by atoms with van der Waals surface area (Å²) >= 11 is 0. The van der Waals surface area contributed by atoms with Gasteiger partial charge in [0.25, 0.3) is 5.91 Å². The third kappa shape index (κ3) is 2.77. The topological polar surface area (TPSA) is 81.3 Å². The predicted molar refractivity (Wildman–Crippen MR) is 84.1 cm³/mol. The molecule has 2 aromatic rings. The average Bonchev–Trinajstić information content (AvgIpc) is 3.09. The molecule has 0 aliphatic carbocycles. The predicted octanol–water partition coefficient (Wildman–Crippen LogP) is -0.154. The van der Waals surface area contributed by atoms with Crippen molar-refractivity contribution >= 4 is 11.9 Å². The zero-order chi connectivity index (χ0) is 15.6. The number of nitrogens with zero attached hydrogens (tertiary/aromatic N) is 6. The third-order valence-corrected chi connectivity index (χ3v) is 4.54. The number of H-pyrrole nitrogens is 1. The van der Waals surface area contributed by atoms with Crippen LogP contribution in [0.4, 0.5) is 5.95 Å². The van der Waals surface area contributed by atoms with Crippen molar-refractivity contribution in [3.8, 4) is 0 Å². The largest absolute Gasteiger partial charge is 0.341 e. The Labute approximate surface area is 134 Å². The van der Waals surface area contributed by atoms with Crippen LogP contribution in [0.3, 0.4) is 0 Å². The third-order valence-electron chi connectivity index (χ3n) is 4.54. The second kappa shape index (κ2) is 5.96. The second-order valence-corrected chi connectivity index (χ2v) is 5.90. The molecule has 2 aromatic heterocycles. The normalized spacial score (nSPS) is 19.7. The van der Waals surface area contributed by atoms with Gasteiger partial charge in [-0.3, -0.25) is 9.69 Å². The lowest BCUT2D eigenvalue weighted by atomic mass is 10.1. The Bertz CT molecular complexity index is 646. The van der Waals surface area contributed by atoms with Crippen molar-refractivity contribution < 1.29 is 4.79 Å². The summed E-state index contributed by atoms with van der Waals surface area (Å²) < 4.78 is 0. The molecule has 1 N–H and O–H groups in total. The summed E-state index contributed by atoms with van der Waals surface area (Å²) in [6.07, 6.45) is 6.67. The fourth-order valence-electron chi connectivity index (χ4n) is 3.14. The van der Waals surface area contributed by atoms with Gasteiger partial charge in [-0.25, -0.2) is 15.0 Å². The average molecular weight is 313 g/mol. The van der Waals surface area contributed by atoms with E-state index in [1.165, 1.54) is 6.33 Å². The van der Waals surface area contributed by atoms with Crippen LogP contribution in [0.25, 0.3) is 0 Å². The van der Waals surface area contributed by atoms with E-state index < -0.39 is 0 Å². The monoisotopic (exact) mass is 313 g/mol. The maximum absolute atomic E-state index is 12.2. The summed E-state index contributed by atoms with van der Waals surface area (Å²) in [5.41, 5.74) is 0.564. The number of amides is 1. The van der Waals surface area contributed by atoms with Gasteiger partial charge in [-0.05, 0) is 6.07 Å². The van der Waals surface area contributed by atoms with Crippen LogP contribution >= 0.6 is 0 Å². The van der Waals surface area contributed by atoms with Gasteiger partial charge in [0.2, 0.25) is 5.95 Å². The first kappa shape index (κ1) is 14.1. The number of imidazole rings is 1. The van der Waals surface area contributed by atoms with E-state index in [4.69, 9.17) is 0 Å². The van der Waals surface area contributed by atoms with E-state index in [1.807, 2.05) is 11.0 Å². The Kier molecular flexibility index (Phi) is 3.66. The van der Waals surface area contributed by atoms with Gasteiger partial charge in [0, 0.05) is 57.7 Å². The lowest BCUT2D eigenvalue weighted by Crippen LogP contribution is -2.64. The molecule has 23 heavy (non-hydrogen) atoms. The van der Waals surface area contributed by atoms with E-state index in [-0.39, 0.29) is 5.91 Å². The van der Waals surface area contributed by atoms with Gasteiger partial charge in [-0.1, -0.05) is 0 Å². The fraction of sp³-hybridized carbons (Fsp3) is 0.467. The molecule has 2 fully saturated rings. The first-order chi connectivity index (χ1) is 11.3. The Morgan fingerprint density at radius 1 is 1.13 bits per heavy atom. The minimum absolute atomic E-state index is 0.0371. The van der Waals surface area contributed by atoms with Gasteiger partial charge in [-0.2, -0.15) is 0 Å². The number of piperazine rings is 1. The van der Waals surface area contributed by atoms with E-state index in [0.29, 0.717) is 11.7 Å². The SMILES string of the molecule is O=C(c1cnc[nH]1)N1CC(N2CCN(c3ncccn3)CC2)C1. The second-order valence-electron chi connectivity index (χ2n) is 5.90. The molecular weight excluding hydrogens is 294 g/mol. The number of nitrogens with one attached hydrogen (secondary N) is 1. The number of hydrogen-bond acceptors (Lipinski definition) is 6. The maximum Gasteiger partial charge on any atom is 0.272 e. The van der Waals surface area contributed by atoms with Gasteiger partial charge in [0.05, 0.1) is 12.5 Å². The Hall–Kier alpha value is -2.48. The van der Waals surface area contributed by atoms with Gasteiger partial charge < -0.3 is 14.8 Å². The standard InChI is InChI=1S/C15H19N7O/c23-14(13-8-16-11-19-13)22-9-12(10-22)20-4-6-21(7-5-20)15-17-2-1-3-18-15/h1-3,8,11-12H,4-7,9-10H2,(H,16,19). The zero-order valence-corrected chi connectivity index (χ0v) is 12.8. The number of carbonyl (C=O) groups is 1. The molecule has 4 rings (SSSR count). The molecule has 8 heteroatoms. The summed E-state index contributed by atoms with van der Waals surface area (Å²) in [7, 11) is 0. The van der Waals surface area contributed by atoms with Crippen molar-refractivity contribution in [2.24, 2.45) is 0 Å². The van der Waals surface area contributed by atoms with Crippen molar-refractivity contribution in [1.29, 1.82) is 0 Å². The molecule has 0 saturated carbocycles. The number of hydrogen-bond donors (Lipinski definition) is 1. The first-order valence-corrected chi connectivity index (χ1v) is 7.85. The fourth-order valence-corrected chi connectivity index (χ4v) is 3.14. The van der Waals surface area contributed by atoms with Crippen LogP contribution in [0.1, 0.15) is 10.5 Å². The quantitative estimate of drug-likeness (QED) is 0.848. The van der Waals surface area contributed by atoms with Crippen LogP contribution in [0.15, 0.2) is 31.0 Å². The highest BCUT2D eigenvalue weighted by molar-refractivity contribution is 5.92. The highest BCUT2D eigenvalue weighted by Crippen LogP contribution is 2.20. The van der Waals surface area contributed by atoms with Gasteiger partial charge >= 0.3 is 0 Å². The Morgan fingerprint density at radius 3 is 2.52 bits per heavy atom. The molecule has 0 spiro atoms. The number of carbonyl (C=O) groups excluding carboxylic acids is 1. The van der Waals surface area contributed by atoms with Crippen molar-refractivity contribution in [2.75, 3.05) is 44.2 Å². The molecule has 4 heterocycles. The van der Waals surface area contributed by atoms with Crippen LogP contribution in [-0.2, 0) is 0 Å². The molecule has 120 valence electrons. The summed E-state index contributed by atoms with van der Waals surface area (Å²) in [6.45, 7) is 5.40. The minimum Gasteiger partial charge on any atom is -0.341 e. The molecule has 2 aliphatic heterocycles. The van der Waals surface area contributed by atoms with Crippen molar-refractivity contribution in [3.05, 3.63) is 36.7 Å². The summed E-state index contributed by atoms with van der Waals surface area (Å²) in [5, 5.41) is 0. The molecule has 0 radical (unpaired) electrons. The number of anilines is 1. The molecule has 2 aliphatic rings. The Morgan fingerprint density at radius 2 is 1.87 bits per heavy atom. The molecule has 0 unspecified atom stereocenters. The van der Waals surface area contributed by atoms with Crippen LogP contribution in [0.2, 0.25) is 0 Å². The lowest BCUT2D eigenvalue weighted by molar-refractivity contribution is 0.0242. The van der Waals surface area contributed by atoms with Crippen molar-refractivity contribution in [2.45, 2.75) is 6.04 Å². The van der Waals surface area contributed by atoms with Gasteiger partial charge in [0.1, 0.15) is 5.69 Å². The summed E-state index contributed by atoms with van der Waals surface area (Å²) in [5.74, 6) is 0.840. The van der Waals surface area contributed by atoms with E-state index in [0.717, 1.165) is 45.2 Å². The first-order valence-electron chi connectivity index (χ1n) is 7.85. The molecule has 2 saturated heterocycles. The Balaban J connectivity index is 1.27. The highest BCUT2D eigenvalue weighted by atomic mass is 16.2. The van der Waals surface area contributed by atoms with E-state index in [9.17, 15) is 4.79 Å². The van der Waals surface area contributed by atoms with Crippen LogP contribution < -0.4 is 4.90 Å². The molecular formula is C15H19N7O. The van der Waals surface area contributed by atoms with Crippen molar-refractivity contribution in [3.63, 3.8) is 0 Å². The number of rotatable bonds is 3. The lowest BCUT2D eigenvalue weighted by Gasteiger charge is -2.47. The molecule has 8 nitrogen and oxygen atoms in total. The van der Waals surface area contributed by atoms with Crippen LogP contribution in [-0.4, -0.2) is 81.0 Å². The van der Waals surface area contributed by atoms with E-state index in [1.54, 1.807) is 18.6 Å². The molecule has 0 bridgehead atoms. The van der Waals surface area contributed by atoms with E-state index in [2.05, 4.69) is 29.7 Å². The van der Waals surface area contributed by atoms with Crippen LogP contribution in [0.5, 0.6) is 0 Å². The van der Waals surface area contributed by atoms with Gasteiger partial charge in [0.15, 0.2) is 0 Å². The summed E-state index contributed by atoms with van der Waals surface area (Å²) in [4.78, 5) is 34.1. The maximum atomic E-state index is 12.2. The van der Waals surface area contributed by atoms with Crippen molar-refractivity contribution in [1.82, 2.24) is 29.7 Å². The molecule has 0 aromatic carbocycles. The highest BCUT2D eigenvalue weighted by Gasteiger charge is 2.36. The number of likely N-dealkylation sites (tertiary alicyclic amines) is 1. The molecule has 0 atom stereocenters. The number of aromatic amines is 1. The van der Waals surface area contributed by atoms with Gasteiger partial charge in [-0.15, -0.1) is 0 Å². The molecule has 1 amide bonds. The summed E-state index contributed by atoms with van der Waals surface area (Å²) in [6, 6.07) is 2.29. The minimum atomic E-state index is 0.0371. The number of aromatic nitrogens is 4. The van der Waals surface area contributed by atoms with E-state index >= 15 is 0 Å². The zero-order valence-electron chi connectivity index (χ0n) is 12.8.